The van der Waals surface area contributed by atoms with Gasteiger partial charge in [0.25, 0.3) is 0 Å². The topological polar surface area (TPSA) is 20.3 Å². The molecular formula is C21H43NO. The summed E-state index contributed by atoms with van der Waals surface area (Å²) in [6.45, 7) is 8.53. The highest BCUT2D eigenvalue weighted by molar-refractivity contribution is 5.76. The fraction of sp³-hybridized carbons (Fsp3) is 0.952. The highest BCUT2D eigenvalue weighted by Gasteiger charge is 2.11. The minimum atomic E-state index is 0.385. The smallest absolute Gasteiger partial charge is 0.222 e. The van der Waals surface area contributed by atoms with Crippen molar-refractivity contribution in [2.45, 2.75) is 117 Å². The molecule has 2 heteroatoms. The van der Waals surface area contributed by atoms with Crippen molar-refractivity contribution < 1.29 is 4.79 Å². The molecule has 0 N–H and O–H groups in total. The fourth-order valence-electron chi connectivity index (χ4n) is 3.08. The molecule has 0 bridgehead atoms. The molecule has 0 heterocycles. The lowest BCUT2D eigenvalue weighted by Crippen LogP contribution is -2.32. The van der Waals surface area contributed by atoms with Gasteiger partial charge in [-0.15, -0.1) is 0 Å². The lowest BCUT2D eigenvalue weighted by atomic mass is 10.1. The van der Waals surface area contributed by atoms with E-state index in [9.17, 15) is 4.79 Å². The van der Waals surface area contributed by atoms with Gasteiger partial charge in [0.2, 0.25) is 5.91 Å². The van der Waals surface area contributed by atoms with Crippen molar-refractivity contribution >= 4 is 5.91 Å². The van der Waals surface area contributed by atoms with Crippen LogP contribution < -0.4 is 0 Å². The Hall–Kier alpha value is -0.530. The Morgan fingerprint density at radius 1 is 0.565 bits per heavy atom. The second kappa shape index (κ2) is 17.8. The molecule has 0 spiro atoms. The normalized spacial score (nSPS) is 10.9. The van der Waals surface area contributed by atoms with Crippen LogP contribution >= 0.6 is 0 Å². The third-order valence-electron chi connectivity index (χ3n) is 4.62. The van der Waals surface area contributed by atoms with Crippen LogP contribution in [0.5, 0.6) is 0 Å². The molecule has 0 radical (unpaired) electrons. The van der Waals surface area contributed by atoms with Crippen LogP contribution in [0.1, 0.15) is 117 Å². The van der Waals surface area contributed by atoms with Gasteiger partial charge in [-0.05, 0) is 19.3 Å². The van der Waals surface area contributed by atoms with Crippen LogP contribution in [0, 0.1) is 0 Å². The molecule has 0 rings (SSSR count). The van der Waals surface area contributed by atoms with Crippen LogP contribution in [-0.2, 0) is 4.79 Å². The monoisotopic (exact) mass is 325 g/mol. The summed E-state index contributed by atoms with van der Waals surface area (Å²) in [4.78, 5) is 14.3. The summed E-state index contributed by atoms with van der Waals surface area (Å²) in [5, 5.41) is 0. The van der Waals surface area contributed by atoms with Crippen molar-refractivity contribution in [2.24, 2.45) is 0 Å². The molecule has 0 saturated heterocycles. The molecule has 0 aromatic carbocycles. The maximum Gasteiger partial charge on any atom is 0.222 e. The molecule has 0 unspecified atom stereocenters. The van der Waals surface area contributed by atoms with E-state index < -0.39 is 0 Å². The summed E-state index contributed by atoms with van der Waals surface area (Å²) in [5.41, 5.74) is 0. The number of unbranched alkanes of at least 4 members (excludes halogenated alkanes) is 11. The first-order valence-corrected chi connectivity index (χ1v) is 10.5. The summed E-state index contributed by atoms with van der Waals surface area (Å²) in [7, 11) is 0. The van der Waals surface area contributed by atoms with Gasteiger partial charge in [-0.2, -0.15) is 0 Å². The molecule has 0 aliphatic carbocycles. The van der Waals surface area contributed by atoms with Crippen molar-refractivity contribution in [3.8, 4) is 0 Å². The summed E-state index contributed by atoms with van der Waals surface area (Å²) < 4.78 is 0. The number of carbonyl (C=O) groups is 1. The summed E-state index contributed by atoms with van der Waals surface area (Å²) in [6, 6.07) is 0. The molecule has 23 heavy (non-hydrogen) atoms. The summed E-state index contributed by atoms with van der Waals surface area (Å²) in [6.07, 6.45) is 18.9. The first kappa shape index (κ1) is 22.5. The van der Waals surface area contributed by atoms with Crippen LogP contribution in [-0.4, -0.2) is 23.9 Å². The minimum Gasteiger partial charge on any atom is -0.343 e. The average molecular weight is 326 g/mol. The van der Waals surface area contributed by atoms with Crippen LogP contribution in [0.25, 0.3) is 0 Å². The van der Waals surface area contributed by atoms with Crippen molar-refractivity contribution in [1.82, 2.24) is 4.90 Å². The van der Waals surface area contributed by atoms with E-state index in [0.29, 0.717) is 5.91 Å². The van der Waals surface area contributed by atoms with E-state index >= 15 is 0 Å². The predicted octanol–water partition coefficient (Wildman–Crippen LogP) is 6.73. The standard InChI is InChI=1S/C21H43NO/c1-4-7-9-10-11-12-13-14-15-16-17-18-21(23)22(19-6-3)20-8-5-2/h4-20H2,1-3H3. The molecule has 1 amide bonds. The molecule has 0 saturated carbocycles. The minimum absolute atomic E-state index is 0.385. The van der Waals surface area contributed by atoms with E-state index in [2.05, 4.69) is 25.7 Å². The van der Waals surface area contributed by atoms with E-state index in [1.807, 2.05) is 0 Å². The van der Waals surface area contributed by atoms with E-state index in [4.69, 9.17) is 0 Å². The first-order valence-electron chi connectivity index (χ1n) is 10.5. The van der Waals surface area contributed by atoms with Gasteiger partial charge in [0.15, 0.2) is 0 Å². The second-order valence-electron chi connectivity index (χ2n) is 7.02. The van der Waals surface area contributed by atoms with Gasteiger partial charge >= 0.3 is 0 Å². The molecule has 0 aliphatic heterocycles. The zero-order chi connectivity index (χ0) is 17.2. The van der Waals surface area contributed by atoms with E-state index in [1.54, 1.807) is 0 Å². The number of carbonyl (C=O) groups excluding carboxylic acids is 1. The SMILES string of the molecule is CCCCCCCCCCCCCC(=O)N(CCC)CCCC. The van der Waals surface area contributed by atoms with Gasteiger partial charge in [0.1, 0.15) is 0 Å². The van der Waals surface area contributed by atoms with E-state index in [-0.39, 0.29) is 0 Å². The average Bonchev–Trinajstić information content (AvgIpc) is 2.56. The quantitative estimate of drug-likeness (QED) is 0.272. The molecule has 0 atom stereocenters. The third-order valence-corrected chi connectivity index (χ3v) is 4.62. The number of nitrogens with zero attached hydrogens (tertiary/aromatic N) is 1. The maximum atomic E-state index is 12.2. The second-order valence-corrected chi connectivity index (χ2v) is 7.02. The molecule has 0 aromatic rings. The van der Waals surface area contributed by atoms with Crippen molar-refractivity contribution in [1.29, 1.82) is 0 Å². The Balaban J connectivity index is 3.46. The van der Waals surface area contributed by atoms with Crippen molar-refractivity contribution in [3.05, 3.63) is 0 Å². The molecule has 0 aliphatic rings. The third kappa shape index (κ3) is 14.8. The lowest BCUT2D eigenvalue weighted by Gasteiger charge is -2.22. The molecule has 138 valence electrons. The Kier molecular flexibility index (Phi) is 17.4. The Labute approximate surface area is 146 Å². The van der Waals surface area contributed by atoms with Gasteiger partial charge in [-0.25, -0.2) is 0 Å². The van der Waals surface area contributed by atoms with Gasteiger partial charge in [-0.3, -0.25) is 4.79 Å². The molecule has 0 fully saturated rings. The molecule has 2 nitrogen and oxygen atoms in total. The zero-order valence-corrected chi connectivity index (χ0v) is 16.4. The van der Waals surface area contributed by atoms with Crippen LogP contribution in [0.4, 0.5) is 0 Å². The summed E-state index contributed by atoms with van der Waals surface area (Å²) in [5.74, 6) is 0.385. The van der Waals surface area contributed by atoms with Gasteiger partial charge in [0.05, 0.1) is 0 Å². The van der Waals surface area contributed by atoms with Crippen LogP contribution in [0.15, 0.2) is 0 Å². The Bertz CT molecular complexity index is 252. The number of rotatable bonds is 17. The van der Waals surface area contributed by atoms with E-state index in [0.717, 1.165) is 38.8 Å². The Morgan fingerprint density at radius 2 is 1.04 bits per heavy atom. The van der Waals surface area contributed by atoms with Crippen LogP contribution in [0.2, 0.25) is 0 Å². The predicted molar refractivity (Wildman–Crippen MR) is 103 cm³/mol. The van der Waals surface area contributed by atoms with Crippen molar-refractivity contribution in [2.75, 3.05) is 13.1 Å². The molecular weight excluding hydrogens is 282 g/mol. The molecule has 0 aromatic heterocycles. The lowest BCUT2D eigenvalue weighted by molar-refractivity contribution is -0.131. The van der Waals surface area contributed by atoms with Crippen molar-refractivity contribution in [3.63, 3.8) is 0 Å². The zero-order valence-electron chi connectivity index (χ0n) is 16.4. The highest BCUT2D eigenvalue weighted by Crippen LogP contribution is 2.12. The van der Waals surface area contributed by atoms with Gasteiger partial charge in [-0.1, -0.05) is 91.4 Å². The highest BCUT2D eigenvalue weighted by atomic mass is 16.2. The van der Waals surface area contributed by atoms with Crippen LogP contribution in [0.3, 0.4) is 0 Å². The first-order chi connectivity index (χ1) is 11.3. The fourth-order valence-corrected chi connectivity index (χ4v) is 3.08. The number of amides is 1. The van der Waals surface area contributed by atoms with Gasteiger partial charge in [0, 0.05) is 19.5 Å². The Morgan fingerprint density at radius 3 is 1.52 bits per heavy atom. The largest absolute Gasteiger partial charge is 0.343 e. The summed E-state index contributed by atoms with van der Waals surface area (Å²) >= 11 is 0. The number of hydrogen-bond donors (Lipinski definition) is 0. The number of hydrogen-bond acceptors (Lipinski definition) is 1. The van der Waals surface area contributed by atoms with E-state index in [1.165, 1.54) is 70.6 Å². The maximum absolute atomic E-state index is 12.2. The van der Waals surface area contributed by atoms with Gasteiger partial charge < -0.3 is 4.90 Å².